The lowest BCUT2D eigenvalue weighted by Crippen LogP contribution is -2.33. The maximum atomic E-state index is 11.6. The Hall–Kier alpha value is -1.88. The Morgan fingerprint density at radius 1 is 1.33 bits per heavy atom. The van der Waals surface area contributed by atoms with Crippen LogP contribution in [0.2, 0.25) is 0 Å². The topological polar surface area (TPSA) is 46.6 Å². The number of carbonyl (C=O) groups is 2. The van der Waals surface area contributed by atoms with E-state index in [9.17, 15) is 9.59 Å². The summed E-state index contributed by atoms with van der Waals surface area (Å²) < 4.78 is 5.58. The molecule has 1 aromatic heterocycles. The highest BCUT2D eigenvalue weighted by atomic mass is 32.1. The monoisotopic (exact) mass is 263 g/mol. The molecule has 0 saturated carbocycles. The standard InChI is InChI=1S/C13H13NO3S/c1-14(12(15)13(16)17-2)7-9-8-18-11-6-4-3-5-10(9)11/h3-6,8H,7H2,1-2H3. The van der Waals surface area contributed by atoms with E-state index in [0.717, 1.165) is 10.9 Å². The van der Waals surface area contributed by atoms with Gasteiger partial charge in [0, 0.05) is 18.3 Å². The number of esters is 1. The summed E-state index contributed by atoms with van der Waals surface area (Å²) in [5, 5.41) is 3.12. The molecule has 0 radical (unpaired) electrons. The zero-order chi connectivity index (χ0) is 13.1. The van der Waals surface area contributed by atoms with Crippen LogP contribution < -0.4 is 0 Å². The van der Waals surface area contributed by atoms with Crippen LogP contribution in [0.5, 0.6) is 0 Å². The molecule has 0 aliphatic heterocycles. The molecule has 0 aliphatic carbocycles. The van der Waals surface area contributed by atoms with Crippen molar-refractivity contribution in [3.8, 4) is 0 Å². The molecule has 1 heterocycles. The van der Waals surface area contributed by atoms with Crippen molar-refractivity contribution in [2.45, 2.75) is 6.54 Å². The van der Waals surface area contributed by atoms with Gasteiger partial charge < -0.3 is 9.64 Å². The van der Waals surface area contributed by atoms with Gasteiger partial charge in [0.05, 0.1) is 7.11 Å². The third-order valence-electron chi connectivity index (χ3n) is 2.68. The summed E-state index contributed by atoms with van der Waals surface area (Å²) >= 11 is 1.63. The molecule has 0 N–H and O–H groups in total. The Labute approximate surface area is 109 Å². The average Bonchev–Trinajstić information content (AvgIpc) is 2.80. The van der Waals surface area contributed by atoms with Gasteiger partial charge in [-0.3, -0.25) is 4.79 Å². The summed E-state index contributed by atoms with van der Waals surface area (Å²) in [4.78, 5) is 24.1. The van der Waals surface area contributed by atoms with Crippen LogP contribution in [0.1, 0.15) is 5.56 Å². The molecule has 0 unspecified atom stereocenters. The van der Waals surface area contributed by atoms with E-state index in [1.165, 1.54) is 16.7 Å². The van der Waals surface area contributed by atoms with Crippen LogP contribution in [0, 0.1) is 0 Å². The van der Waals surface area contributed by atoms with Gasteiger partial charge in [-0.2, -0.15) is 0 Å². The Bertz CT molecular complexity index is 591. The van der Waals surface area contributed by atoms with E-state index in [1.54, 1.807) is 18.4 Å². The Morgan fingerprint density at radius 2 is 2.06 bits per heavy atom. The molecule has 0 spiro atoms. The van der Waals surface area contributed by atoms with Crippen LogP contribution in [0.15, 0.2) is 29.6 Å². The first-order valence-corrected chi connectivity index (χ1v) is 6.30. The van der Waals surface area contributed by atoms with Crippen LogP contribution >= 0.6 is 11.3 Å². The van der Waals surface area contributed by atoms with E-state index in [1.807, 2.05) is 29.6 Å². The Balaban J connectivity index is 2.19. The summed E-state index contributed by atoms with van der Waals surface area (Å²) in [5.41, 5.74) is 1.04. The van der Waals surface area contributed by atoms with Gasteiger partial charge >= 0.3 is 11.9 Å². The van der Waals surface area contributed by atoms with Gasteiger partial charge in [0.1, 0.15) is 0 Å². The number of fused-ring (bicyclic) bond motifs is 1. The van der Waals surface area contributed by atoms with Crippen molar-refractivity contribution < 1.29 is 14.3 Å². The van der Waals surface area contributed by atoms with Gasteiger partial charge in [0.25, 0.3) is 0 Å². The van der Waals surface area contributed by atoms with Crippen molar-refractivity contribution in [3.05, 3.63) is 35.2 Å². The number of ether oxygens (including phenoxy) is 1. The van der Waals surface area contributed by atoms with Crippen LogP contribution in [-0.4, -0.2) is 30.9 Å². The van der Waals surface area contributed by atoms with Crippen molar-refractivity contribution in [2.75, 3.05) is 14.2 Å². The third kappa shape index (κ3) is 2.36. The predicted octanol–water partition coefficient (Wildman–Crippen LogP) is 2.03. The molecule has 1 amide bonds. The minimum absolute atomic E-state index is 0.401. The summed E-state index contributed by atoms with van der Waals surface area (Å²) in [6.07, 6.45) is 0. The van der Waals surface area contributed by atoms with E-state index in [0.29, 0.717) is 6.54 Å². The molecule has 18 heavy (non-hydrogen) atoms. The molecule has 0 atom stereocenters. The Morgan fingerprint density at radius 3 is 2.78 bits per heavy atom. The first kappa shape index (κ1) is 12.6. The average molecular weight is 263 g/mol. The molecule has 0 saturated heterocycles. The number of benzene rings is 1. The Kier molecular flexibility index (Phi) is 3.62. The number of hydrogen-bond acceptors (Lipinski definition) is 4. The molecule has 5 heteroatoms. The second-order valence-corrected chi connectivity index (χ2v) is 4.82. The summed E-state index contributed by atoms with van der Waals surface area (Å²) in [6, 6.07) is 7.98. The molecule has 0 fully saturated rings. The summed E-state index contributed by atoms with van der Waals surface area (Å²) in [5.74, 6) is -1.47. The quantitative estimate of drug-likeness (QED) is 0.615. The molecule has 2 aromatic rings. The van der Waals surface area contributed by atoms with Crippen molar-refractivity contribution in [2.24, 2.45) is 0 Å². The second kappa shape index (κ2) is 5.18. The minimum Gasteiger partial charge on any atom is -0.462 e. The van der Waals surface area contributed by atoms with Crippen molar-refractivity contribution in [1.82, 2.24) is 4.90 Å². The van der Waals surface area contributed by atoms with Gasteiger partial charge in [0.15, 0.2) is 0 Å². The zero-order valence-corrected chi connectivity index (χ0v) is 11.0. The predicted molar refractivity (Wildman–Crippen MR) is 70.3 cm³/mol. The zero-order valence-electron chi connectivity index (χ0n) is 10.2. The number of amides is 1. The van der Waals surface area contributed by atoms with Crippen LogP contribution in [0.25, 0.3) is 10.1 Å². The molecular formula is C13H13NO3S. The molecule has 0 bridgehead atoms. The fraction of sp³-hybridized carbons (Fsp3) is 0.231. The first-order valence-electron chi connectivity index (χ1n) is 5.42. The minimum atomic E-state index is -0.836. The maximum absolute atomic E-state index is 11.6. The smallest absolute Gasteiger partial charge is 0.396 e. The molecule has 4 nitrogen and oxygen atoms in total. The first-order chi connectivity index (χ1) is 8.63. The van der Waals surface area contributed by atoms with Gasteiger partial charge in [-0.15, -0.1) is 11.3 Å². The number of likely N-dealkylation sites (N-methyl/N-ethyl adjacent to an activating group) is 1. The van der Waals surface area contributed by atoms with E-state index in [4.69, 9.17) is 0 Å². The van der Waals surface area contributed by atoms with Crippen molar-refractivity contribution >= 4 is 33.3 Å². The highest BCUT2D eigenvalue weighted by Crippen LogP contribution is 2.26. The van der Waals surface area contributed by atoms with E-state index in [-0.39, 0.29) is 0 Å². The van der Waals surface area contributed by atoms with Gasteiger partial charge in [-0.1, -0.05) is 18.2 Å². The second-order valence-electron chi connectivity index (χ2n) is 3.91. The van der Waals surface area contributed by atoms with Crippen LogP contribution in [0.3, 0.4) is 0 Å². The fourth-order valence-corrected chi connectivity index (χ4v) is 2.68. The number of hydrogen-bond donors (Lipinski definition) is 0. The molecule has 94 valence electrons. The molecule has 2 rings (SSSR count). The summed E-state index contributed by atoms with van der Waals surface area (Å²) in [6.45, 7) is 0.401. The normalized spacial score (nSPS) is 10.3. The van der Waals surface area contributed by atoms with Crippen LogP contribution in [-0.2, 0) is 20.9 Å². The van der Waals surface area contributed by atoms with E-state index < -0.39 is 11.9 Å². The van der Waals surface area contributed by atoms with Gasteiger partial charge in [0.2, 0.25) is 0 Å². The highest BCUT2D eigenvalue weighted by Gasteiger charge is 2.19. The molecular weight excluding hydrogens is 250 g/mol. The lowest BCUT2D eigenvalue weighted by Gasteiger charge is -2.14. The van der Waals surface area contributed by atoms with E-state index in [2.05, 4.69) is 4.74 Å². The van der Waals surface area contributed by atoms with Gasteiger partial charge in [-0.05, 0) is 22.4 Å². The van der Waals surface area contributed by atoms with E-state index >= 15 is 0 Å². The van der Waals surface area contributed by atoms with Crippen LogP contribution in [0.4, 0.5) is 0 Å². The fourth-order valence-electron chi connectivity index (χ4n) is 1.73. The number of rotatable bonds is 2. The largest absolute Gasteiger partial charge is 0.462 e. The number of nitrogens with zero attached hydrogens (tertiary/aromatic N) is 1. The maximum Gasteiger partial charge on any atom is 0.396 e. The third-order valence-corrected chi connectivity index (χ3v) is 3.69. The lowest BCUT2D eigenvalue weighted by molar-refractivity contribution is -0.157. The van der Waals surface area contributed by atoms with Crippen molar-refractivity contribution in [3.63, 3.8) is 0 Å². The molecule has 1 aromatic carbocycles. The van der Waals surface area contributed by atoms with Gasteiger partial charge in [-0.25, -0.2) is 4.79 Å². The molecule has 0 aliphatic rings. The number of methoxy groups -OCH3 is 1. The number of carbonyl (C=O) groups excluding carboxylic acids is 2. The SMILES string of the molecule is COC(=O)C(=O)N(C)Cc1csc2ccccc12. The summed E-state index contributed by atoms with van der Waals surface area (Å²) in [7, 11) is 2.79. The lowest BCUT2D eigenvalue weighted by atomic mass is 10.2. The highest BCUT2D eigenvalue weighted by molar-refractivity contribution is 7.17. The number of thiophene rings is 1. The van der Waals surface area contributed by atoms with Crippen molar-refractivity contribution in [1.29, 1.82) is 0 Å².